The largest absolute Gasteiger partial charge is 0.756 e. The number of phosphoric ester groups is 1. The fourth-order valence-electron chi connectivity index (χ4n) is 10.3. The van der Waals surface area contributed by atoms with E-state index in [9.17, 15) is 19.4 Å². The summed E-state index contributed by atoms with van der Waals surface area (Å²) in [6.45, 7) is 4.64. The number of aliphatic hydroxyl groups excluding tert-OH is 1. The molecule has 9 heteroatoms. The highest BCUT2D eigenvalue weighted by atomic mass is 31.2. The van der Waals surface area contributed by atoms with Gasteiger partial charge in [0.1, 0.15) is 13.2 Å². The Bertz CT molecular complexity index is 1610. The van der Waals surface area contributed by atoms with Gasteiger partial charge in [0.25, 0.3) is 7.82 Å². The van der Waals surface area contributed by atoms with Gasteiger partial charge in [0, 0.05) is 6.42 Å². The van der Waals surface area contributed by atoms with Crippen molar-refractivity contribution in [2.45, 2.75) is 334 Å². The van der Waals surface area contributed by atoms with Crippen LogP contribution in [0.15, 0.2) is 85.1 Å². The third kappa shape index (κ3) is 65.2. The molecule has 0 saturated carbocycles. The molecule has 2 N–H and O–H groups in total. The van der Waals surface area contributed by atoms with Crippen molar-refractivity contribution in [3.63, 3.8) is 0 Å². The van der Waals surface area contributed by atoms with Crippen LogP contribution in [-0.2, 0) is 18.4 Å². The molecular weight excluding hydrogens is 1030 g/mol. The maximum absolute atomic E-state index is 13.0. The van der Waals surface area contributed by atoms with Gasteiger partial charge in [-0.2, -0.15) is 0 Å². The Labute approximate surface area is 509 Å². The Balaban J connectivity index is 3.95. The van der Waals surface area contributed by atoms with Crippen molar-refractivity contribution in [2.24, 2.45) is 0 Å². The topological polar surface area (TPSA) is 108 Å². The molecule has 1 amide bonds. The predicted octanol–water partition coefficient (Wildman–Crippen LogP) is 21.7. The third-order valence-corrected chi connectivity index (χ3v) is 16.6. The number of nitrogens with zero attached hydrogens (tertiary/aromatic N) is 1. The lowest BCUT2D eigenvalue weighted by Crippen LogP contribution is -2.46. The van der Waals surface area contributed by atoms with E-state index in [1.807, 2.05) is 21.1 Å². The monoisotopic (exact) mass is 1170 g/mol. The van der Waals surface area contributed by atoms with Gasteiger partial charge in [0.05, 0.1) is 39.9 Å². The lowest BCUT2D eigenvalue weighted by atomic mass is 10.0. The number of carbonyl (C=O) groups is 1. The van der Waals surface area contributed by atoms with Crippen molar-refractivity contribution in [1.29, 1.82) is 0 Å². The SMILES string of the molecule is CC/C=C\C/C=C\C/C=C\C/C=C\C/C=C\C/C=C\C/C=C\CCCCCCCCCCCCCCCCCCCCCC(=O)NC(COP(=O)([O-])OCC[N+](C)(C)C)C(O)CCCCCCCCCCCCCCCCCCCCC. The summed E-state index contributed by atoms with van der Waals surface area (Å²) in [5.41, 5.74) is 0. The number of amides is 1. The first-order chi connectivity index (χ1) is 40.0. The van der Waals surface area contributed by atoms with Gasteiger partial charge in [0.15, 0.2) is 0 Å². The third-order valence-electron chi connectivity index (χ3n) is 15.6. The quantitative estimate of drug-likeness (QED) is 0.0272. The highest BCUT2D eigenvalue weighted by molar-refractivity contribution is 7.45. The summed E-state index contributed by atoms with van der Waals surface area (Å²) in [5.74, 6) is -0.161. The Morgan fingerprint density at radius 3 is 1.09 bits per heavy atom. The molecule has 0 fully saturated rings. The number of hydrogen-bond donors (Lipinski definition) is 2. The van der Waals surface area contributed by atoms with Gasteiger partial charge < -0.3 is 28.8 Å². The molecule has 0 rings (SSSR count). The van der Waals surface area contributed by atoms with E-state index in [0.717, 1.165) is 83.5 Å². The van der Waals surface area contributed by atoms with Crippen molar-refractivity contribution in [2.75, 3.05) is 40.9 Å². The van der Waals surface area contributed by atoms with E-state index in [2.05, 4.69) is 104 Å². The van der Waals surface area contributed by atoms with Crippen molar-refractivity contribution >= 4 is 13.7 Å². The van der Waals surface area contributed by atoms with E-state index in [4.69, 9.17) is 9.05 Å². The van der Waals surface area contributed by atoms with Gasteiger partial charge in [-0.3, -0.25) is 9.36 Å². The molecule has 3 unspecified atom stereocenters. The van der Waals surface area contributed by atoms with Crippen LogP contribution in [0.25, 0.3) is 0 Å². The molecule has 0 heterocycles. The zero-order valence-electron chi connectivity index (χ0n) is 54.7. The normalized spacial score (nSPS) is 14.2. The summed E-state index contributed by atoms with van der Waals surface area (Å²) in [4.78, 5) is 25.6. The van der Waals surface area contributed by atoms with Crippen molar-refractivity contribution < 1.29 is 32.9 Å². The van der Waals surface area contributed by atoms with E-state index in [-0.39, 0.29) is 19.1 Å². The van der Waals surface area contributed by atoms with E-state index in [0.29, 0.717) is 23.9 Å². The molecule has 0 spiro atoms. The van der Waals surface area contributed by atoms with Crippen LogP contribution in [0.3, 0.4) is 0 Å². The van der Waals surface area contributed by atoms with Crippen LogP contribution in [0.2, 0.25) is 0 Å². The maximum atomic E-state index is 13.0. The molecule has 0 radical (unpaired) electrons. The average Bonchev–Trinajstić information content (AvgIpc) is 3.47. The van der Waals surface area contributed by atoms with Gasteiger partial charge in [-0.1, -0.05) is 330 Å². The second-order valence-corrected chi connectivity index (χ2v) is 26.3. The van der Waals surface area contributed by atoms with Crippen LogP contribution >= 0.6 is 7.82 Å². The van der Waals surface area contributed by atoms with Crippen molar-refractivity contribution in [3.8, 4) is 0 Å². The Morgan fingerprint density at radius 2 is 0.744 bits per heavy atom. The minimum atomic E-state index is -4.58. The summed E-state index contributed by atoms with van der Waals surface area (Å²) in [6, 6.07) is -0.803. The number of quaternary nitrogens is 1. The van der Waals surface area contributed by atoms with Gasteiger partial charge in [0.2, 0.25) is 5.91 Å². The second kappa shape index (κ2) is 63.2. The predicted molar refractivity (Wildman–Crippen MR) is 357 cm³/mol. The number of allylic oxidation sites excluding steroid dienone is 14. The number of rotatable bonds is 64. The summed E-state index contributed by atoms with van der Waals surface area (Å²) in [5, 5.41) is 14.1. The lowest BCUT2D eigenvalue weighted by molar-refractivity contribution is -0.870. The van der Waals surface area contributed by atoms with E-state index >= 15 is 0 Å². The smallest absolute Gasteiger partial charge is 0.268 e. The van der Waals surface area contributed by atoms with E-state index in [1.54, 1.807) is 0 Å². The number of nitrogens with one attached hydrogen (secondary N) is 1. The number of phosphoric acid groups is 1. The summed E-state index contributed by atoms with van der Waals surface area (Å²) >= 11 is 0. The van der Waals surface area contributed by atoms with Crippen LogP contribution in [0.5, 0.6) is 0 Å². The van der Waals surface area contributed by atoms with Gasteiger partial charge in [-0.15, -0.1) is 0 Å². The van der Waals surface area contributed by atoms with E-state index in [1.165, 1.54) is 212 Å². The molecule has 3 atom stereocenters. The minimum Gasteiger partial charge on any atom is -0.756 e. The summed E-state index contributed by atoms with van der Waals surface area (Å²) in [7, 11) is 1.31. The Kier molecular flexibility index (Phi) is 61.4. The second-order valence-electron chi connectivity index (χ2n) is 24.9. The van der Waals surface area contributed by atoms with Crippen LogP contribution in [0.1, 0.15) is 322 Å². The highest BCUT2D eigenvalue weighted by Gasteiger charge is 2.24. The molecule has 0 aliphatic carbocycles. The number of likely N-dealkylation sites (N-methyl/N-ethyl adjacent to an activating group) is 1. The fraction of sp³-hybridized carbons (Fsp3) is 0.795. The number of carbonyl (C=O) groups excluding carboxylic acids is 1. The summed E-state index contributed by atoms with van der Waals surface area (Å²) in [6.07, 6.45) is 89.4. The molecule has 82 heavy (non-hydrogen) atoms. The first-order valence-electron chi connectivity index (χ1n) is 34.9. The lowest BCUT2D eigenvalue weighted by Gasteiger charge is -2.30. The molecule has 478 valence electrons. The van der Waals surface area contributed by atoms with Crippen molar-refractivity contribution in [1.82, 2.24) is 5.32 Å². The molecule has 0 aliphatic rings. The summed E-state index contributed by atoms with van der Waals surface area (Å²) < 4.78 is 23.5. The number of aliphatic hydroxyl groups is 1. The maximum Gasteiger partial charge on any atom is 0.268 e. The average molecular weight is 1170 g/mol. The van der Waals surface area contributed by atoms with Crippen LogP contribution in [-0.4, -0.2) is 68.5 Å². The molecule has 0 aromatic carbocycles. The zero-order valence-corrected chi connectivity index (χ0v) is 55.6. The van der Waals surface area contributed by atoms with Crippen LogP contribution in [0, 0.1) is 0 Å². The molecule has 0 bridgehead atoms. The van der Waals surface area contributed by atoms with Crippen molar-refractivity contribution in [3.05, 3.63) is 85.1 Å². The van der Waals surface area contributed by atoms with Gasteiger partial charge in [-0.05, 0) is 70.6 Å². The van der Waals surface area contributed by atoms with Crippen LogP contribution < -0.4 is 10.2 Å². The van der Waals surface area contributed by atoms with E-state index < -0.39 is 20.0 Å². The molecule has 0 aliphatic heterocycles. The molecule has 0 aromatic heterocycles. The van der Waals surface area contributed by atoms with Gasteiger partial charge >= 0.3 is 0 Å². The fourth-order valence-corrected chi connectivity index (χ4v) is 11.0. The molecule has 0 aromatic rings. The Hall–Kier alpha value is -2.32. The van der Waals surface area contributed by atoms with Crippen LogP contribution in [0.4, 0.5) is 0 Å². The first kappa shape index (κ1) is 79.7. The molecule has 0 saturated heterocycles. The molecule has 8 nitrogen and oxygen atoms in total. The molecular formula is C73H135N2O6P. The highest BCUT2D eigenvalue weighted by Crippen LogP contribution is 2.38. The van der Waals surface area contributed by atoms with Gasteiger partial charge in [-0.25, -0.2) is 0 Å². The zero-order chi connectivity index (χ0) is 59.8. The minimum absolute atomic E-state index is 0.0121. The number of hydrogen-bond acceptors (Lipinski definition) is 6. The number of unbranched alkanes of at least 4 members (excludes halogenated alkanes) is 37. The first-order valence-corrected chi connectivity index (χ1v) is 36.4. The Morgan fingerprint density at radius 1 is 0.439 bits per heavy atom. The standard InChI is InChI=1S/C73H135N2O6P/c1-6-8-10-12-14-16-18-20-22-24-26-27-28-29-30-31-32-33-34-35-36-37-38-39-40-41-42-43-44-45-46-47-49-51-53-55-57-59-61-63-65-67-73(77)74-71(70-81-82(78,79)80-69-68-75(3,4)5)72(76)66-64-62-60-58-56-54-52-50-48-25-23-21-19-17-15-13-11-9-7-2/h8,10,14,16,20,22,26-27,29-30,32-33,35-36,71-72,76H,6-7,9,11-13,15,17-19,21,23-25,28,31,34,37-70H2,1-5H3,(H-,74,77,78,79)/b10-8-,16-14-,22-20-,27-26-,30-29-,33-32-,36-35-.